The Bertz CT molecular complexity index is 904. The molecule has 0 amide bonds. The summed E-state index contributed by atoms with van der Waals surface area (Å²) in [6.07, 6.45) is 12.9. The average Bonchev–Trinajstić information content (AvgIpc) is 2.78. The van der Waals surface area contributed by atoms with Gasteiger partial charge in [0, 0.05) is 6.61 Å². The lowest BCUT2D eigenvalue weighted by atomic mass is 9.33. The van der Waals surface area contributed by atoms with E-state index >= 15 is 0 Å². The van der Waals surface area contributed by atoms with Crippen LogP contribution in [0.5, 0.6) is 0 Å². The Labute approximate surface area is 214 Å². The molecule has 4 saturated carbocycles. The maximum absolute atomic E-state index is 12.9. The third-order valence-corrected chi connectivity index (χ3v) is 13.7. The van der Waals surface area contributed by atoms with Crippen LogP contribution in [-0.2, 0) is 9.53 Å². The number of carboxylic acid groups (broad SMARTS) is 1. The fraction of sp³-hybridized carbons (Fsp3) is 0.906. The first kappa shape index (κ1) is 25.8. The number of rotatable bonds is 3. The number of ether oxygens (including phenoxy) is 1. The van der Waals surface area contributed by atoms with Crippen molar-refractivity contribution in [1.29, 1.82) is 0 Å². The number of hydrogen-bond donors (Lipinski definition) is 1. The molecule has 0 aliphatic heterocycles. The summed E-state index contributed by atoms with van der Waals surface area (Å²) in [7, 11) is 0. The molecule has 5 aliphatic carbocycles. The van der Waals surface area contributed by atoms with Crippen LogP contribution >= 0.6 is 0 Å². The summed E-state index contributed by atoms with van der Waals surface area (Å²) in [5.74, 6) is 2.08. The van der Waals surface area contributed by atoms with Crippen LogP contribution in [0, 0.1) is 56.7 Å². The molecule has 0 saturated heterocycles. The van der Waals surface area contributed by atoms with Gasteiger partial charge in [0.2, 0.25) is 0 Å². The molecule has 1 unspecified atom stereocenters. The predicted octanol–water partition coefficient (Wildman–Crippen LogP) is 8.13. The van der Waals surface area contributed by atoms with Crippen LogP contribution in [0.1, 0.15) is 113 Å². The second-order valence-electron chi connectivity index (χ2n) is 14.9. The summed E-state index contributed by atoms with van der Waals surface area (Å²) >= 11 is 0. The number of carbonyl (C=O) groups is 1. The Hall–Kier alpha value is -0.830. The first-order chi connectivity index (χ1) is 16.3. The number of aliphatic carboxylic acids is 1. The SMILES string of the molecule is CCO[C@H]1CC[C@@]2(C)C(CC[C@]3(C)[C@@H]2CC=C2[C@@H]4[C@@H](C)[C@H](C)CC[C@]4(C(=O)O)CC[C@]23C)C1(C)C. The van der Waals surface area contributed by atoms with E-state index in [1.807, 2.05) is 0 Å². The largest absolute Gasteiger partial charge is 0.481 e. The molecular weight excluding hydrogens is 432 g/mol. The highest BCUT2D eigenvalue weighted by atomic mass is 16.5. The van der Waals surface area contributed by atoms with Crippen molar-refractivity contribution in [3.63, 3.8) is 0 Å². The van der Waals surface area contributed by atoms with Crippen molar-refractivity contribution in [3.05, 3.63) is 11.6 Å². The van der Waals surface area contributed by atoms with E-state index < -0.39 is 11.4 Å². The lowest BCUT2D eigenvalue weighted by Gasteiger charge is -2.71. The molecule has 0 aromatic carbocycles. The quantitative estimate of drug-likeness (QED) is 0.411. The monoisotopic (exact) mass is 484 g/mol. The van der Waals surface area contributed by atoms with Gasteiger partial charge in [0.05, 0.1) is 11.5 Å². The summed E-state index contributed by atoms with van der Waals surface area (Å²) in [5.41, 5.74) is 1.88. The summed E-state index contributed by atoms with van der Waals surface area (Å²) in [6.45, 7) is 20.5. The van der Waals surface area contributed by atoms with E-state index in [2.05, 4.69) is 61.5 Å². The van der Waals surface area contributed by atoms with Crippen molar-refractivity contribution in [2.75, 3.05) is 6.61 Å². The molecule has 5 aliphatic rings. The Morgan fingerprint density at radius 1 is 0.971 bits per heavy atom. The number of fused-ring (bicyclic) bond motifs is 7. The number of hydrogen-bond acceptors (Lipinski definition) is 2. The molecule has 10 atom stereocenters. The Balaban J connectivity index is 1.57. The molecule has 1 N–H and O–H groups in total. The van der Waals surface area contributed by atoms with Gasteiger partial charge in [0.25, 0.3) is 0 Å². The van der Waals surface area contributed by atoms with E-state index in [4.69, 9.17) is 4.74 Å². The normalized spacial score (nSPS) is 52.9. The van der Waals surface area contributed by atoms with Crippen molar-refractivity contribution >= 4 is 5.97 Å². The van der Waals surface area contributed by atoms with Crippen LogP contribution in [-0.4, -0.2) is 23.8 Å². The van der Waals surface area contributed by atoms with Crippen molar-refractivity contribution in [2.24, 2.45) is 56.7 Å². The van der Waals surface area contributed by atoms with Crippen LogP contribution in [0.3, 0.4) is 0 Å². The summed E-state index contributed by atoms with van der Waals surface area (Å²) < 4.78 is 6.31. The van der Waals surface area contributed by atoms with Gasteiger partial charge in [-0.2, -0.15) is 0 Å². The molecule has 0 spiro atoms. The third kappa shape index (κ3) is 3.15. The molecule has 35 heavy (non-hydrogen) atoms. The van der Waals surface area contributed by atoms with Crippen LogP contribution < -0.4 is 0 Å². The lowest BCUT2D eigenvalue weighted by Crippen LogP contribution is -2.65. The highest BCUT2D eigenvalue weighted by Crippen LogP contribution is 2.75. The zero-order chi connectivity index (χ0) is 25.6. The summed E-state index contributed by atoms with van der Waals surface area (Å²) in [6, 6.07) is 0. The first-order valence-corrected chi connectivity index (χ1v) is 14.8. The average molecular weight is 485 g/mol. The second kappa shape index (κ2) is 8.08. The van der Waals surface area contributed by atoms with Gasteiger partial charge in [-0.3, -0.25) is 4.79 Å². The minimum absolute atomic E-state index is 0.111. The Morgan fingerprint density at radius 3 is 2.34 bits per heavy atom. The topological polar surface area (TPSA) is 46.5 Å². The minimum Gasteiger partial charge on any atom is -0.481 e. The fourth-order valence-corrected chi connectivity index (χ4v) is 11.3. The molecular formula is C32H52O3. The van der Waals surface area contributed by atoms with Gasteiger partial charge in [-0.05, 0) is 116 Å². The van der Waals surface area contributed by atoms with Gasteiger partial charge in [0.15, 0.2) is 0 Å². The molecule has 0 aromatic heterocycles. The first-order valence-electron chi connectivity index (χ1n) is 14.8. The summed E-state index contributed by atoms with van der Waals surface area (Å²) in [5, 5.41) is 10.6. The molecule has 5 rings (SSSR count). The van der Waals surface area contributed by atoms with Crippen molar-refractivity contribution in [3.8, 4) is 0 Å². The van der Waals surface area contributed by atoms with Gasteiger partial charge in [-0.15, -0.1) is 0 Å². The number of carboxylic acids is 1. The van der Waals surface area contributed by atoms with Crippen LogP contribution in [0.25, 0.3) is 0 Å². The minimum atomic E-state index is -0.543. The number of allylic oxidation sites excluding steroid dienone is 2. The van der Waals surface area contributed by atoms with Gasteiger partial charge < -0.3 is 9.84 Å². The van der Waals surface area contributed by atoms with Crippen LogP contribution in [0.15, 0.2) is 11.6 Å². The third-order valence-electron chi connectivity index (χ3n) is 13.7. The zero-order valence-electron chi connectivity index (χ0n) is 23.9. The van der Waals surface area contributed by atoms with Crippen molar-refractivity contribution < 1.29 is 14.6 Å². The smallest absolute Gasteiger partial charge is 0.310 e. The standard InChI is InChI=1S/C32H52O3/c1-9-35-25-14-15-29(6)23(28(25,4)5)13-16-31(8)24(29)11-10-22-26-21(3)20(2)12-17-32(26,27(33)34)19-18-30(22,31)7/h10,20-21,23-26H,9,11-19H2,1-8H3,(H,33,34)/t20-,21+,23?,24-,25+,26+,29+,30-,31-,32+/m1/s1. The van der Waals surface area contributed by atoms with E-state index in [1.165, 1.54) is 25.7 Å². The Morgan fingerprint density at radius 2 is 1.69 bits per heavy atom. The second-order valence-corrected chi connectivity index (χ2v) is 14.9. The predicted molar refractivity (Wildman–Crippen MR) is 142 cm³/mol. The molecule has 3 heteroatoms. The van der Waals surface area contributed by atoms with E-state index in [9.17, 15) is 9.90 Å². The van der Waals surface area contributed by atoms with Crippen molar-refractivity contribution in [2.45, 2.75) is 119 Å². The van der Waals surface area contributed by atoms with Crippen LogP contribution in [0.2, 0.25) is 0 Å². The van der Waals surface area contributed by atoms with Gasteiger partial charge >= 0.3 is 5.97 Å². The van der Waals surface area contributed by atoms with E-state index in [-0.39, 0.29) is 22.2 Å². The van der Waals surface area contributed by atoms with Gasteiger partial charge in [-0.1, -0.05) is 60.1 Å². The molecule has 0 radical (unpaired) electrons. The van der Waals surface area contributed by atoms with Gasteiger partial charge in [0.1, 0.15) is 0 Å². The highest BCUT2D eigenvalue weighted by Gasteiger charge is 2.69. The molecule has 4 fully saturated rings. The van der Waals surface area contributed by atoms with E-state index in [0.717, 1.165) is 38.7 Å². The van der Waals surface area contributed by atoms with Crippen LogP contribution in [0.4, 0.5) is 0 Å². The lowest BCUT2D eigenvalue weighted by molar-refractivity contribution is -0.213. The molecule has 3 nitrogen and oxygen atoms in total. The van der Waals surface area contributed by atoms with Crippen molar-refractivity contribution in [1.82, 2.24) is 0 Å². The maximum atomic E-state index is 12.9. The van der Waals surface area contributed by atoms with E-state index in [0.29, 0.717) is 35.2 Å². The molecule has 0 heterocycles. The van der Waals surface area contributed by atoms with Gasteiger partial charge in [-0.25, -0.2) is 0 Å². The molecule has 0 bridgehead atoms. The zero-order valence-corrected chi connectivity index (χ0v) is 23.9. The highest BCUT2D eigenvalue weighted by molar-refractivity contribution is 5.76. The fourth-order valence-electron chi connectivity index (χ4n) is 11.3. The molecule has 198 valence electrons. The maximum Gasteiger partial charge on any atom is 0.310 e. The summed E-state index contributed by atoms with van der Waals surface area (Å²) in [4.78, 5) is 12.9. The van der Waals surface area contributed by atoms with E-state index in [1.54, 1.807) is 5.57 Å². The Kier molecular flexibility index (Phi) is 5.96. The molecule has 0 aromatic rings.